The standard InChI is InChI=1S/C27H43NO2/c1-4-7-9-11-12-13-14-15-16-17-18-19-20-21-23-26(29)28-25-27(30,6-3)24-22-10-8-5-2/h7,9,11-14,17-21,23,30H,4-6,8,10,15-16,22,24-25H2,1-3H3,(H,28,29). The van der Waals surface area contributed by atoms with E-state index < -0.39 is 5.60 Å². The lowest BCUT2D eigenvalue weighted by atomic mass is 9.93. The lowest BCUT2D eigenvalue weighted by molar-refractivity contribution is -0.117. The highest BCUT2D eigenvalue weighted by Gasteiger charge is 2.24. The quantitative estimate of drug-likeness (QED) is 0.157. The van der Waals surface area contributed by atoms with Gasteiger partial charge in [-0.05, 0) is 32.1 Å². The Hall–Kier alpha value is -2.13. The van der Waals surface area contributed by atoms with E-state index >= 15 is 0 Å². The van der Waals surface area contributed by atoms with Crippen molar-refractivity contribution < 1.29 is 9.90 Å². The minimum absolute atomic E-state index is 0.170. The number of allylic oxidation sites excluding steroid dienone is 11. The van der Waals surface area contributed by atoms with Crippen LogP contribution in [0.3, 0.4) is 0 Å². The summed E-state index contributed by atoms with van der Waals surface area (Å²) in [6.45, 7) is 6.57. The van der Waals surface area contributed by atoms with Crippen molar-refractivity contribution in [3.8, 4) is 0 Å². The van der Waals surface area contributed by atoms with Gasteiger partial charge in [-0.3, -0.25) is 4.79 Å². The normalized spacial score (nSPS) is 14.9. The minimum atomic E-state index is -0.799. The van der Waals surface area contributed by atoms with E-state index in [-0.39, 0.29) is 5.91 Å². The molecule has 1 amide bonds. The molecule has 0 aromatic carbocycles. The van der Waals surface area contributed by atoms with Crippen LogP contribution in [0.15, 0.2) is 72.9 Å². The smallest absolute Gasteiger partial charge is 0.244 e. The van der Waals surface area contributed by atoms with E-state index in [0.29, 0.717) is 13.0 Å². The van der Waals surface area contributed by atoms with E-state index in [1.807, 2.05) is 37.3 Å². The van der Waals surface area contributed by atoms with Crippen LogP contribution in [-0.4, -0.2) is 23.2 Å². The van der Waals surface area contributed by atoms with Crippen LogP contribution >= 0.6 is 0 Å². The number of unbranched alkanes of at least 4 members (excludes halogenated alkanes) is 4. The molecule has 0 saturated heterocycles. The topological polar surface area (TPSA) is 49.3 Å². The number of hydrogen-bond donors (Lipinski definition) is 2. The van der Waals surface area contributed by atoms with E-state index in [1.54, 1.807) is 6.08 Å². The molecule has 0 saturated carbocycles. The van der Waals surface area contributed by atoms with E-state index in [2.05, 4.69) is 49.5 Å². The first kappa shape index (κ1) is 27.9. The SMILES string of the molecule is CCC=CC=CC=CCCC=CC=CC=CC(=O)NCC(O)(CC)CCCCCC. The predicted molar refractivity (Wildman–Crippen MR) is 131 cm³/mol. The van der Waals surface area contributed by atoms with Gasteiger partial charge in [0.1, 0.15) is 0 Å². The van der Waals surface area contributed by atoms with Gasteiger partial charge < -0.3 is 10.4 Å². The molecule has 168 valence electrons. The Morgan fingerprint density at radius 2 is 1.40 bits per heavy atom. The monoisotopic (exact) mass is 413 g/mol. The molecular weight excluding hydrogens is 370 g/mol. The average molecular weight is 414 g/mol. The van der Waals surface area contributed by atoms with Crippen molar-refractivity contribution in [3.63, 3.8) is 0 Å². The molecule has 0 aliphatic heterocycles. The summed E-state index contributed by atoms with van der Waals surface area (Å²) in [5.74, 6) is -0.170. The minimum Gasteiger partial charge on any atom is -0.388 e. The molecule has 2 N–H and O–H groups in total. The number of nitrogens with one attached hydrogen (secondary N) is 1. The van der Waals surface area contributed by atoms with Gasteiger partial charge in [-0.15, -0.1) is 0 Å². The number of rotatable bonds is 17. The lowest BCUT2D eigenvalue weighted by Crippen LogP contribution is -2.42. The van der Waals surface area contributed by atoms with Crippen LogP contribution < -0.4 is 5.32 Å². The maximum absolute atomic E-state index is 11.9. The van der Waals surface area contributed by atoms with Crippen molar-refractivity contribution >= 4 is 5.91 Å². The first-order valence-electron chi connectivity index (χ1n) is 11.6. The van der Waals surface area contributed by atoms with Crippen molar-refractivity contribution in [2.24, 2.45) is 0 Å². The van der Waals surface area contributed by atoms with Gasteiger partial charge in [-0.25, -0.2) is 0 Å². The molecule has 0 aromatic rings. The Labute approximate surface area is 185 Å². The Bertz CT molecular complexity index is 596. The first-order chi connectivity index (χ1) is 14.6. The zero-order valence-electron chi connectivity index (χ0n) is 19.4. The molecule has 3 nitrogen and oxygen atoms in total. The molecule has 0 spiro atoms. The van der Waals surface area contributed by atoms with E-state index in [0.717, 1.165) is 38.5 Å². The van der Waals surface area contributed by atoms with Gasteiger partial charge in [0.05, 0.1) is 5.60 Å². The predicted octanol–water partition coefficient (Wildman–Crippen LogP) is 6.74. The summed E-state index contributed by atoms with van der Waals surface area (Å²) >= 11 is 0. The molecule has 0 heterocycles. The molecule has 1 unspecified atom stereocenters. The number of aliphatic hydroxyl groups is 1. The largest absolute Gasteiger partial charge is 0.388 e. The molecule has 0 fully saturated rings. The number of carbonyl (C=O) groups excluding carboxylic acids is 1. The number of amides is 1. The van der Waals surface area contributed by atoms with Crippen molar-refractivity contribution in [1.29, 1.82) is 0 Å². The fraction of sp³-hybridized carbons (Fsp3) is 0.519. The molecule has 0 rings (SSSR count). The van der Waals surface area contributed by atoms with E-state index in [9.17, 15) is 9.90 Å². The third-order valence-electron chi connectivity index (χ3n) is 4.80. The Morgan fingerprint density at radius 3 is 1.97 bits per heavy atom. The fourth-order valence-corrected chi connectivity index (χ4v) is 2.74. The molecule has 0 aromatic heterocycles. The first-order valence-corrected chi connectivity index (χ1v) is 11.6. The van der Waals surface area contributed by atoms with Crippen LogP contribution in [0.5, 0.6) is 0 Å². The van der Waals surface area contributed by atoms with Gasteiger partial charge >= 0.3 is 0 Å². The van der Waals surface area contributed by atoms with Crippen molar-refractivity contribution in [1.82, 2.24) is 5.32 Å². The van der Waals surface area contributed by atoms with Crippen LogP contribution in [0.2, 0.25) is 0 Å². The van der Waals surface area contributed by atoms with Crippen molar-refractivity contribution in [3.05, 3.63) is 72.9 Å². The van der Waals surface area contributed by atoms with Crippen LogP contribution in [0.25, 0.3) is 0 Å². The third kappa shape index (κ3) is 17.9. The molecule has 3 heteroatoms. The maximum atomic E-state index is 11.9. The van der Waals surface area contributed by atoms with Crippen LogP contribution in [0, 0.1) is 0 Å². The maximum Gasteiger partial charge on any atom is 0.244 e. The van der Waals surface area contributed by atoms with Crippen LogP contribution in [0.4, 0.5) is 0 Å². The van der Waals surface area contributed by atoms with Crippen molar-refractivity contribution in [2.75, 3.05) is 6.54 Å². The number of hydrogen-bond acceptors (Lipinski definition) is 2. The molecule has 0 bridgehead atoms. The average Bonchev–Trinajstić information content (AvgIpc) is 2.75. The molecule has 1 atom stereocenters. The molecule has 0 radical (unpaired) electrons. The summed E-state index contributed by atoms with van der Waals surface area (Å²) in [5, 5.41) is 13.4. The fourth-order valence-electron chi connectivity index (χ4n) is 2.74. The second-order valence-electron chi connectivity index (χ2n) is 7.51. The third-order valence-corrected chi connectivity index (χ3v) is 4.80. The Morgan fingerprint density at radius 1 is 0.800 bits per heavy atom. The highest BCUT2D eigenvalue weighted by molar-refractivity contribution is 5.87. The van der Waals surface area contributed by atoms with E-state index in [1.165, 1.54) is 18.9 Å². The molecule has 0 aliphatic rings. The summed E-state index contributed by atoms with van der Waals surface area (Å²) in [7, 11) is 0. The lowest BCUT2D eigenvalue weighted by Gasteiger charge is -2.26. The summed E-state index contributed by atoms with van der Waals surface area (Å²) in [4.78, 5) is 11.9. The summed E-state index contributed by atoms with van der Waals surface area (Å²) < 4.78 is 0. The van der Waals surface area contributed by atoms with Gasteiger partial charge in [0.2, 0.25) is 5.91 Å². The Kier molecular flexibility index (Phi) is 18.7. The summed E-state index contributed by atoms with van der Waals surface area (Å²) in [6, 6.07) is 0. The van der Waals surface area contributed by atoms with Crippen molar-refractivity contribution in [2.45, 2.75) is 84.2 Å². The summed E-state index contributed by atoms with van der Waals surface area (Å²) in [6.07, 6.45) is 32.5. The summed E-state index contributed by atoms with van der Waals surface area (Å²) in [5.41, 5.74) is -0.799. The molecular formula is C27H43NO2. The zero-order chi connectivity index (χ0) is 22.3. The van der Waals surface area contributed by atoms with Gasteiger partial charge in [-0.1, -0.05) is 113 Å². The second-order valence-corrected chi connectivity index (χ2v) is 7.51. The zero-order valence-corrected chi connectivity index (χ0v) is 19.4. The van der Waals surface area contributed by atoms with Gasteiger partial charge in [0.15, 0.2) is 0 Å². The number of carbonyl (C=O) groups is 1. The van der Waals surface area contributed by atoms with Gasteiger partial charge in [0, 0.05) is 12.6 Å². The highest BCUT2D eigenvalue weighted by Crippen LogP contribution is 2.18. The van der Waals surface area contributed by atoms with Gasteiger partial charge in [0.25, 0.3) is 0 Å². The highest BCUT2D eigenvalue weighted by atomic mass is 16.3. The van der Waals surface area contributed by atoms with E-state index in [4.69, 9.17) is 0 Å². The van der Waals surface area contributed by atoms with Crippen LogP contribution in [-0.2, 0) is 4.79 Å². The molecule has 0 aliphatic carbocycles. The van der Waals surface area contributed by atoms with Crippen LogP contribution in [0.1, 0.15) is 78.6 Å². The Balaban J connectivity index is 4.01. The molecule has 30 heavy (non-hydrogen) atoms. The van der Waals surface area contributed by atoms with Gasteiger partial charge in [-0.2, -0.15) is 0 Å². The second kappa shape index (κ2) is 20.2.